The smallest absolute Gasteiger partial charge is 0.340 e. The van der Waals surface area contributed by atoms with E-state index in [0.717, 1.165) is 5.39 Å². The molecule has 1 aliphatic rings. The number of benzene rings is 1. The van der Waals surface area contributed by atoms with Gasteiger partial charge in [0.25, 0.3) is 0 Å². The van der Waals surface area contributed by atoms with E-state index in [-0.39, 0.29) is 16.4 Å². The topological polar surface area (TPSA) is 68.6 Å². The number of thioether (sulfide) groups is 1. The van der Waals surface area contributed by atoms with E-state index in [1.165, 1.54) is 11.8 Å². The third-order valence-electron chi connectivity index (χ3n) is 2.63. The molecule has 5 heteroatoms. The van der Waals surface area contributed by atoms with Gasteiger partial charge in [0.15, 0.2) is 0 Å². The second-order valence-electron chi connectivity index (χ2n) is 3.77. The van der Waals surface area contributed by atoms with Gasteiger partial charge in [0.2, 0.25) is 0 Å². The molecule has 0 saturated carbocycles. The Hall–Kier alpha value is -1.59. The Morgan fingerprint density at radius 3 is 2.94 bits per heavy atom. The van der Waals surface area contributed by atoms with Crippen LogP contribution in [-0.4, -0.2) is 11.7 Å². The zero-order valence-electron chi connectivity index (χ0n) is 8.87. The summed E-state index contributed by atoms with van der Waals surface area (Å²) in [5.74, 6) is 0. The van der Waals surface area contributed by atoms with E-state index in [9.17, 15) is 4.79 Å². The lowest BCUT2D eigenvalue weighted by atomic mass is 10.1. The summed E-state index contributed by atoms with van der Waals surface area (Å²) in [6.45, 7) is 0. The molecule has 0 saturated heterocycles. The fraction of sp³-hybridized carbons (Fsp3) is 0.167. The molecule has 0 fully saturated rings. The Labute approximate surface area is 102 Å². The maximum atomic E-state index is 11.8. The molecule has 0 radical (unpaired) electrons. The van der Waals surface area contributed by atoms with Crippen LogP contribution in [0, 0.1) is 0 Å². The lowest BCUT2D eigenvalue weighted by Gasteiger charge is -2.06. The quantitative estimate of drug-likeness (QED) is 0.780. The molecule has 86 valence electrons. The highest BCUT2D eigenvalue weighted by Crippen LogP contribution is 2.33. The van der Waals surface area contributed by atoms with Gasteiger partial charge in [-0.25, -0.2) is 4.79 Å². The number of para-hydroxylation sites is 1. The van der Waals surface area contributed by atoms with Gasteiger partial charge in [-0.3, -0.25) is 4.99 Å². The molecule has 0 bridgehead atoms. The summed E-state index contributed by atoms with van der Waals surface area (Å²) in [7, 11) is 0. The fourth-order valence-electron chi connectivity index (χ4n) is 1.81. The number of hydrogen-bond donors (Lipinski definition) is 1. The second kappa shape index (κ2) is 4.01. The Morgan fingerprint density at radius 2 is 2.18 bits per heavy atom. The summed E-state index contributed by atoms with van der Waals surface area (Å²) in [4.78, 5) is 15.9. The van der Waals surface area contributed by atoms with Gasteiger partial charge in [-0.15, -0.1) is 11.8 Å². The second-order valence-corrected chi connectivity index (χ2v) is 5.04. The fourth-order valence-corrected chi connectivity index (χ4v) is 2.71. The maximum absolute atomic E-state index is 11.8. The van der Waals surface area contributed by atoms with Gasteiger partial charge in [0, 0.05) is 11.6 Å². The summed E-state index contributed by atoms with van der Waals surface area (Å²) >= 11 is 1.44. The van der Waals surface area contributed by atoms with Gasteiger partial charge >= 0.3 is 5.63 Å². The van der Waals surface area contributed by atoms with E-state index in [1.54, 1.807) is 12.3 Å². The van der Waals surface area contributed by atoms with Crippen LogP contribution in [0.3, 0.4) is 0 Å². The normalized spacial score (nSPS) is 23.4. The molecule has 3 rings (SSSR count). The van der Waals surface area contributed by atoms with Gasteiger partial charge in [-0.05, 0) is 12.1 Å². The zero-order valence-corrected chi connectivity index (χ0v) is 9.68. The van der Waals surface area contributed by atoms with E-state index >= 15 is 0 Å². The van der Waals surface area contributed by atoms with E-state index < -0.39 is 0 Å². The number of hydrogen-bond acceptors (Lipinski definition) is 5. The molecular formula is C12H10N2O2S. The van der Waals surface area contributed by atoms with Crippen molar-refractivity contribution in [1.29, 1.82) is 0 Å². The van der Waals surface area contributed by atoms with Crippen LogP contribution in [-0.2, 0) is 0 Å². The first-order valence-electron chi connectivity index (χ1n) is 5.21. The largest absolute Gasteiger partial charge is 0.422 e. The zero-order chi connectivity index (χ0) is 11.8. The van der Waals surface area contributed by atoms with Crippen molar-refractivity contribution in [3.05, 3.63) is 46.3 Å². The number of rotatable bonds is 1. The van der Waals surface area contributed by atoms with Crippen LogP contribution in [0.4, 0.5) is 0 Å². The predicted molar refractivity (Wildman–Crippen MR) is 69.3 cm³/mol. The van der Waals surface area contributed by atoms with Crippen LogP contribution in [0.15, 0.2) is 44.5 Å². The predicted octanol–water partition coefficient (Wildman–Crippen LogP) is 1.89. The molecule has 0 amide bonds. The van der Waals surface area contributed by atoms with Crippen molar-refractivity contribution in [3.63, 3.8) is 0 Å². The van der Waals surface area contributed by atoms with Gasteiger partial charge in [0.05, 0.1) is 10.8 Å². The summed E-state index contributed by atoms with van der Waals surface area (Å²) in [5, 5.41) is 0.808. The van der Waals surface area contributed by atoms with Crippen molar-refractivity contribution in [2.45, 2.75) is 10.7 Å². The van der Waals surface area contributed by atoms with E-state index in [2.05, 4.69) is 4.99 Å². The van der Waals surface area contributed by atoms with Crippen molar-refractivity contribution < 1.29 is 4.42 Å². The molecule has 1 aliphatic heterocycles. The first-order chi connectivity index (χ1) is 8.24. The number of nitrogens with zero attached hydrogens (tertiary/aromatic N) is 1. The van der Waals surface area contributed by atoms with Crippen molar-refractivity contribution in [2.75, 3.05) is 0 Å². The van der Waals surface area contributed by atoms with Crippen molar-refractivity contribution in [1.82, 2.24) is 0 Å². The van der Waals surface area contributed by atoms with E-state index in [0.29, 0.717) is 11.1 Å². The molecule has 0 aliphatic carbocycles. The molecule has 17 heavy (non-hydrogen) atoms. The Morgan fingerprint density at radius 1 is 1.35 bits per heavy atom. The lowest BCUT2D eigenvalue weighted by Crippen LogP contribution is -2.12. The highest BCUT2D eigenvalue weighted by atomic mass is 32.2. The Bertz CT molecular complexity index is 650. The SMILES string of the molecule is NC1N=CC(c2cc3ccccc3oc2=O)S1. The lowest BCUT2D eigenvalue weighted by molar-refractivity contribution is 0.553. The minimum atomic E-state index is -0.318. The van der Waals surface area contributed by atoms with Crippen LogP contribution in [0.1, 0.15) is 10.8 Å². The molecule has 2 unspecified atom stereocenters. The average Bonchev–Trinajstić information content (AvgIpc) is 2.75. The summed E-state index contributed by atoms with van der Waals surface area (Å²) in [6.07, 6.45) is 1.70. The highest BCUT2D eigenvalue weighted by Gasteiger charge is 2.23. The van der Waals surface area contributed by atoms with Crippen LogP contribution < -0.4 is 11.4 Å². The monoisotopic (exact) mass is 246 g/mol. The summed E-state index contributed by atoms with van der Waals surface area (Å²) in [5.41, 5.74) is 6.26. The molecule has 2 aromatic rings. The van der Waals surface area contributed by atoms with Crippen LogP contribution in [0.2, 0.25) is 0 Å². The Balaban J connectivity index is 2.14. The van der Waals surface area contributed by atoms with Crippen molar-refractivity contribution in [3.8, 4) is 0 Å². The minimum Gasteiger partial charge on any atom is -0.422 e. The van der Waals surface area contributed by atoms with Crippen LogP contribution in [0.5, 0.6) is 0 Å². The number of nitrogens with two attached hydrogens (primary N) is 1. The Kier molecular flexibility index (Phi) is 2.49. The van der Waals surface area contributed by atoms with Crippen molar-refractivity contribution in [2.24, 2.45) is 10.7 Å². The summed E-state index contributed by atoms with van der Waals surface area (Å²) in [6, 6.07) is 9.30. The molecule has 1 aromatic heterocycles. The maximum Gasteiger partial charge on any atom is 0.340 e. The third-order valence-corrected chi connectivity index (χ3v) is 3.70. The van der Waals surface area contributed by atoms with Gasteiger partial charge in [-0.1, -0.05) is 18.2 Å². The average molecular weight is 246 g/mol. The first kappa shape index (κ1) is 10.6. The standard InChI is InChI=1S/C12H10N2O2S/c13-12-14-6-10(17-12)8-5-7-3-1-2-4-9(7)16-11(8)15/h1-6,10,12H,13H2. The third kappa shape index (κ3) is 1.87. The van der Waals surface area contributed by atoms with E-state index in [1.807, 2.05) is 24.3 Å². The molecule has 0 spiro atoms. The summed E-state index contributed by atoms with van der Waals surface area (Å²) < 4.78 is 5.27. The minimum absolute atomic E-state index is 0.106. The van der Waals surface area contributed by atoms with Crippen molar-refractivity contribution >= 4 is 28.9 Å². The van der Waals surface area contributed by atoms with Gasteiger partial charge in [0.1, 0.15) is 11.1 Å². The van der Waals surface area contributed by atoms with Gasteiger partial charge in [-0.2, -0.15) is 0 Å². The molecule has 2 atom stereocenters. The molecule has 2 heterocycles. The molecule has 1 aromatic carbocycles. The van der Waals surface area contributed by atoms with Crippen LogP contribution >= 0.6 is 11.8 Å². The number of aliphatic imine (C=N–C) groups is 1. The molecular weight excluding hydrogens is 236 g/mol. The highest BCUT2D eigenvalue weighted by molar-refractivity contribution is 8.01. The first-order valence-corrected chi connectivity index (χ1v) is 6.15. The number of fused-ring (bicyclic) bond motifs is 1. The van der Waals surface area contributed by atoms with Crippen LogP contribution in [0.25, 0.3) is 11.0 Å². The van der Waals surface area contributed by atoms with E-state index in [4.69, 9.17) is 10.2 Å². The van der Waals surface area contributed by atoms with Gasteiger partial charge < -0.3 is 10.2 Å². The molecule has 2 N–H and O–H groups in total. The molecule has 4 nitrogen and oxygen atoms in total.